The molecule has 0 aromatic rings. The van der Waals surface area contributed by atoms with Gasteiger partial charge in [0, 0.05) is 6.54 Å². The molecule has 0 aliphatic carbocycles. The van der Waals surface area contributed by atoms with E-state index in [0.717, 1.165) is 6.42 Å². The van der Waals surface area contributed by atoms with Crippen molar-refractivity contribution in [3.05, 3.63) is 0 Å². The summed E-state index contributed by atoms with van der Waals surface area (Å²) in [4.78, 5) is 22.2. The number of aliphatic hydroxyl groups excluding tert-OH is 1. The standard InChI is InChI=1S/C10H19N3O4/c1-6(14)7(8(11)15)12-5-10(9(16)17)3-2-4-13-10/h6-7,12-14H,2-5H2,1H3,(H2,11,15)(H,16,17)/t6?,7?,10-/m0/s1. The molecule has 1 aliphatic rings. The Morgan fingerprint density at radius 2 is 2.24 bits per heavy atom. The normalized spacial score (nSPS) is 27.6. The SMILES string of the molecule is CC(O)C(NC[C@]1(C(=O)O)CCCN1)C(N)=O. The molecule has 2 unspecified atom stereocenters. The number of amides is 1. The van der Waals surface area contributed by atoms with E-state index in [2.05, 4.69) is 10.6 Å². The maximum Gasteiger partial charge on any atom is 0.325 e. The zero-order chi connectivity index (χ0) is 13.1. The van der Waals surface area contributed by atoms with Crippen LogP contribution in [0.15, 0.2) is 0 Å². The summed E-state index contributed by atoms with van der Waals surface area (Å²) in [5.41, 5.74) is 4.05. The molecule has 7 heteroatoms. The molecule has 1 amide bonds. The molecule has 1 rings (SSSR count). The Kier molecular flexibility index (Phi) is 4.44. The second kappa shape index (κ2) is 5.44. The molecule has 7 nitrogen and oxygen atoms in total. The monoisotopic (exact) mass is 245 g/mol. The largest absolute Gasteiger partial charge is 0.480 e. The first kappa shape index (κ1) is 13.9. The van der Waals surface area contributed by atoms with E-state index in [4.69, 9.17) is 5.73 Å². The first-order chi connectivity index (χ1) is 7.89. The number of hydrogen-bond acceptors (Lipinski definition) is 5. The van der Waals surface area contributed by atoms with Crippen molar-refractivity contribution in [3.8, 4) is 0 Å². The minimum Gasteiger partial charge on any atom is -0.480 e. The molecule has 1 heterocycles. The van der Waals surface area contributed by atoms with Crippen molar-refractivity contribution in [2.75, 3.05) is 13.1 Å². The van der Waals surface area contributed by atoms with Gasteiger partial charge >= 0.3 is 5.97 Å². The fourth-order valence-electron chi connectivity index (χ4n) is 2.01. The molecule has 98 valence electrons. The Bertz CT molecular complexity index is 300. The lowest BCUT2D eigenvalue weighted by atomic mass is 9.97. The lowest BCUT2D eigenvalue weighted by Crippen LogP contribution is -2.59. The zero-order valence-corrected chi connectivity index (χ0v) is 9.77. The minimum atomic E-state index is -1.07. The van der Waals surface area contributed by atoms with Gasteiger partial charge in [0.2, 0.25) is 5.91 Å². The van der Waals surface area contributed by atoms with E-state index < -0.39 is 29.6 Å². The Morgan fingerprint density at radius 3 is 2.59 bits per heavy atom. The van der Waals surface area contributed by atoms with Crippen LogP contribution in [0.4, 0.5) is 0 Å². The maximum atomic E-state index is 11.2. The second-order valence-electron chi connectivity index (χ2n) is 4.42. The maximum absolute atomic E-state index is 11.2. The van der Waals surface area contributed by atoms with Crippen molar-refractivity contribution in [3.63, 3.8) is 0 Å². The summed E-state index contributed by atoms with van der Waals surface area (Å²) in [6, 6.07) is -0.936. The Morgan fingerprint density at radius 1 is 1.59 bits per heavy atom. The predicted octanol–water partition coefficient (Wildman–Crippen LogP) is -1.98. The first-order valence-corrected chi connectivity index (χ1v) is 5.58. The third kappa shape index (κ3) is 3.15. The summed E-state index contributed by atoms with van der Waals surface area (Å²) < 4.78 is 0. The van der Waals surface area contributed by atoms with Gasteiger partial charge < -0.3 is 26.6 Å². The van der Waals surface area contributed by atoms with E-state index in [0.29, 0.717) is 13.0 Å². The molecule has 1 fully saturated rings. The number of hydrogen-bond donors (Lipinski definition) is 5. The topological polar surface area (TPSA) is 125 Å². The molecule has 0 aromatic heterocycles. The zero-order valence-electron chi connectivity index (χ0n) is 9.77. The van der Waals surface area contributed by atoms with Crippen molar-refractivity contribution in [1.29, 1.82) is 0 Å². The number of aliphatic hydroxyl groups is 1. The smallest absolute Gasteiger partial charge is 0.325 e. The van der Waals surface area contributed by atoms with E-state index in [-0.39, 0.29) is 6.54 Å². The van der Waals surface area contributed by atoms with Gasteiger partial charge in [0.1, 0.15) is 11.6 Å². The van der Waals surface area contributed by atoms with Crippen LogP contribution in [0.25, 0.3) is 0 Å². The van der Waals surface area contributed by atoms with Crippen molar-refractivity contribution in [1.82, 2.24) is 10.6 Å². The van der Waals surface area contributed by atoms with E-state index in [1.54, 1.807) is 0 Å². The summed E-state index contributed by atoms with van der Waals surface area (Å²) in [5.74, 6) is -1.66. The third-order valence-corrected chi connectivity index (χ3v) is 3.07. The van der Waals surface area contributed by atoms with Crippen molar-refractivity contribution in [2.24, 2.45) is 5.73 Å². The van der Waals surface area contributed by atoms with Gasteiger partial charge in [0.05, 0.1) is 6.10 Å². The number of carbonyl (C=O) groups is 2. The van der Waals surface area contributed by atoms with Gasteiger partial charge in [0.15, 0.2) is 0 Å². The average Bonchev–Trinajstić information content (AvgIpc) is 2.66. The Hall–Kier alpha value is -1.18. The van der Waals surface area contributed by atoms with Crippen LogP contribution in [0.1, 0.15) is 19.8 Å². The summed E-state index contributed by atoms with van der Waals surface area (Å²) in [6.45, 7) is 2.11. The Balaban J connectivity index is 2.63. The van der Waals surface area contributed by atoms with Crippen LogP contribution in [0, 0.1) is 0 Å². The number of nitrogens with one attached hydrogen (secondary N) is 2. The second-order valence-corrected chi connectivity index (χ2v) is 4.42. The van der Waals surface area contributed by atoms with Crippen LogP contribution in [0.5, 0.6) is 0 Å². The van der Waals surface area contributed by atoms with Crippen molar-refractivity contribution < 1.29 is 19.8 Å². The van der Waals surface area contributed by atoms with Crippen LogP contribution >= 0.6 is 0 Å². The molecule has 0 saturated carbocycles. The van der Waals surface area contributed by atoms with Gasteiger partial charge in [-0.05, 0) is 26.3 Å². The number of rotatable bonds is 6. The lowest BCUT2D eigenvalue weighted by molar-refractivity contribution is -0.144. The molecule has 1 aliphatic heterocycles. The molecule has 0 radical (unpaired) electrons. The molecule has 3 atom stereocenters. The van der Waals surface area contributed by atoms with E-state index in [9.17, 15) is 19.8 Å². The van der Waals surface area contributed by atoms with Gasteiger partial charge in [0.25, 0.3) is 0 Å². The fraction of sp³-hybridized carbons (Fsp3) is 0.800. The highest BCUT2D eigenvalue weighted by Gasteiger charge is 2.41. The van der Waals surface area contributed by atoms with E-state index in [1.807, 2.05) is 0 Å². The predicted molar refractivity (Wildman–Crippen MR) is 60.3 cm³/mol. The van der Waals surface area contributed by atoms with Crippen molar-refractivity contribution in [2.45, 2.75) is 37.5 Å². The molecule has 6 N–H and O–H groups in total. The number of nitrogens with two attached hydrogens (primary N) is 1. The van der Waals surface area contributed by atoms with Crippen LogP contribution < -0.4 is 16.4 Å². The highest BCUT2D eigenvalue weighted by atomic mass is 16.4. The number of primary amides is 1. The van der Waals surface area contributed by atoms with Gasteiger partial charge in [-0.25, -0.2) is 0 Å². The van der Waals surface area contributed by atoms with Gasteiger partial charge in [-0.15, -0.1) is 0 Å². The summed E-state index contributed by atoms with van der Waals surface area (Å²) >= 11 is 0. The molecule has 0 aromatic carbocycles. The highest BCUT2D eigenvalue weighted by molar-refractivity contribution is 5.81. The van der Waals surface area contributed by atoms with Gasteiger partial charge in [-0.3, -0.25) is 9.59 Å². The summed E-state index contributed by atoms with van der Waals surface area (Å²) in [5, 5.41) is 24.1. The van der Waals surface area contributed by atoms with Gasteiger partial charge in [-0.1, -0.05) is 0 Å². The summed E-state index contributed by atoms with van der Waals surface area (Å²) in [6.07, 6.45) is 0.296. The molecule has 0 bridgehead atoms. The fourth-order valence-corrected chi connectivity index (χ4v) is 2.01. The highest BCUT2D eigenvalue weighted by Crippen LogP contribution is 2.19. The number of aliphatic carboxylic acids is 1. The number of carboxylic acid groups (broad SMARTS) is 1. The first-order valence-electron chi connectivity index (χ1n) is 5.58. The molecule has 17 heavy (non-hydrogen) atoms. The number of carbonyl (C=O) groups excluding carboxylic acids is 1. The van der Waals surface area contributed by atoms with E-state index >= 15 is 0 Å². The molecular formula is C10H19N3O4. The van der Waals surface area contributed by atoms with E-state index in [1.165, 1.54) is 6.92 Å². The van der Waals surface area contributed by atoms with Crippen LogP contribution in [-0.4, -0.2) is 52.9 Å². The van der Waals surface area contributed by atoms with Crippen LogP contribution in [0.2, 0.25) is 0 Å². The van der Waals surface area contributed by atoms with Crippen LogP contribution in [-0.2, 0) is 9.59 Å². The van der Waals surface area contributed by atoms with Crippen molar-refractivity contribution >= 4 is 11.9 Å². The lowest BCUT2D eigenvalue weighted by Gasteiger charge is -2.28. The minimum absolute atomic E-state index is 0.0564. The average molecular weight is 245 g/mol. The molecular weight excluding hydrogens is 226 g/mol. The molecule has 1 saturated heterocycles. The van der Waals surface area contributed by atoms with Gasteiger partial charge in [-0.2, -0.15) is 0 Å². The molecule has 0 spiro atoms. The van der Waals surface area contributed by atoms with Crippen LogP contribution in [0.3, 0.4) is 0 Å². The Labute approximate surface area is 99.4 Å². The third-order valence-electron chi connectivity index (χ3n) is 3.07. The quantitative estimate of drug-likeness (QED) is 0.369. The number of carboxylic acids is 1. The summed E-state index contributed by atoms with van der Waals surface area (Å²) in [7, 11) is 0.